The minimum atomic E-state index is -0.171. The third-order valence-corrected chi connectivity index (χ3v) is 3.35. The number of thiophene rings is 1. The first-order valence-electron chi connectivity index (χ1n) is 4.26. The Morgan fingerprint density at radius 2 is 2.07 bits per heavy atom. The number of nitrogens with two attached hydrogens (primary N) is 1. The number of nitrogens with zero attached hydrogens (tertiary/aromatic N) is 2. The van der Waals surface area contributed by atoms with Crippen molar-refractivity contribution >= 4 is 27.4 Å². The van der Waals surface area contributed by atoms with Gasteiger partial charge in [0.05, 0.1) is 5.39 Å². The lowest BCUT2D eigenvalue weighted by Crippen LogP contribution is -1.99. The predicted molar refractivity (Wildman–Crippen MR) is 57.2 cm³/mol. The maximum absolute atomic E-state index is 8.92. The number of rotatable bonds is 1. The van der Waals surface area contributed by atoms with Crippen LogP contribution in [0.4, 0.5) is 5.82 Å². The summed E-state index contributed by atoms with van der Waals surface area (Å²) in [6.07, 6.45) is 0. The van der Waals surface area contributed by atoms with Gasteiger partial charge in [-0.2, -0.15) is 0 Å². The highest BCUT2D eigenvalue weighted by Crippen LogP contribution is 2.31. The van der Waals surface area contributed by atoms with Crippen LogP contribution in [0.15, 0.2) is 0 Å². The Morgan fingerprint density at radius 1 is 1.36 bits per heavy atom. The molecular weight excluding hydrogens is 198 g/mol. The van der Waals surface area contributed by atoms with Gasteiger partial charge in [-0.15, -0.1) is 11.3 Å². The minimum absolute atomic E-state index is 0.171. The van der Waals surface area contributed by atoms with Gasteiger partial charge in [0.25, 0.3) is 0 Å². The molecule has 3 N–H and O–H groups in total. The fourth-order valence-corrected chi connectivity index (χ4v) is 2.45. The Morgan fingerprint density at radius 3 is 2.71 bits per heavy atom. The van der Waals surface area contributed by atoms with Gasteiger partial charge in [-0.05, 0) is 19.4 Å². The second-order valence-electron chi connectivity index (χ2n) is 3.15. The normalized spacial score (nSPS) is 11.1. The molecule has 0 aromatic carbocycles. The summed E-state index contributed by atoms with van der Waals surface area (Å²) in [7, 11) is 0. The Hall–Kier alpha value is -1.20. The van der Waals surface area contributed by atoms with E-state index in [2.05, 4.69) is 9.97 Å². The van der Waals surface area contributed by atoms with Crippen LogP contribution in [0.2, 0.25) is 0 Å². The first kappa shape index (κ1) is 9.36. The van der Waals surface area contributed by atoms with Gasteiger partial charge in [0.15, 0.2) is 5.82 Å². The number of aromatic nitrogens is 2. The van der Waals surface area contributed by atoms with Gasteiger partial charge in [-0.25, -0.2) is 9.97 Å². The molecule has 0 radical (unpaired) electrons. The summed E-state index contributed by atoms with van der Waals surface area (Å²) in [5, 5.41) is 9.84. The SMILES string of the molecule is Cc1sc2nc(CO)nc(N)c2c1C. The van der Waals surface area contributed by atoms with Gasteiger partial charge in [-0.1, -0.05) is 0 Å². The summed E-state index contributed by atoms with van der Waals surface area (Å²) in [4.78, 5) is 10.3. The number of hydrogen-bond acceptors (Lipinski definition) is 5. The molecule has 0 aliphatic carbocycles. The zero-order valence-electron chi connectivity index (χ0n) is 8.03. The van der Waals surface area contributed by atoms with Gasteiger partial charge in [-0.3, -0.25) is 0 Å². The molecule has 0 saturated carbocycles. The topological polar surface area (TPSA) is 72.0 Å². The Kier molecular flexibility index (Phi) is 2.13. The summed E-state index contributed by atoms with van der Waals surface area (Å²) in [6.45, 7) is 3.86. The average molecular weight is 209 g/mol. The van der Waals surface area contributed by atoms with Crippen LogP contribution in [0.5, 0.6) is 0 Å². The molecule has 4 nitrogen and oxygen atoms in total. The van der Waals surface area contributed by atoms with Crippen molar-refractivity contribution in [2.45, 2.75) is 20.5 Å². The number of hydrogen-bond donors (Lipinski definition) is 2. The molecule has 0 amide bonds. The molecule has 0 unspecified atom stereocenters. The first-order valence-corrected chi connectivity index (χ1v) is 5.08. The van der Waals surface area contributed by atoms with E-state index in [0.717, 1.165) is 15.8 Å². The molecule has 0 fully saturated rings. The second kappa shape index (κ2) is 3.18. The highest BCUT2D eigenvalue weighted by molar-refractivity contribution is 7.18. The molecule has 0 bridgehead atoms. The highest BCUT2D eigenvalue weighted by Gasteiger charge is 2.11. The van der Waals surface area contributed by atoms with Crippen LogP contribution in [-0.2, 0) is 6.61 Å². The third-order valence-electron chi connectivity index (χ3n) is 2.24. The van der Waals surface area contributed by atoms with Crippen molar-refractivity contribution in [3.8, 4) is 0 Å². The van der Waals surface area contributed by atoms with E-state index in [1.165, 1.54) is 4.88 Å². The number of aliphatic hydroxyl groups excluding tert-OH is 1. The summed E-state index contributed by atoms with van der Waals surface area (Å²) in [5.41, 5.74) is 6.92. The average Bonchev–Trinajstić information content (AvgIpc) is 2.43. The van der Waals surface area contributed by atoms with Crippen molar-refractivity contribution in [1.82, 2.24) is 9.97 Å². The second-order valence-corrected chi connectivity index (χ2v) is 4.35. The predicted octanol–water partition coefficient (Wildman–Crippen LogP) is 1.38. The van der Waals surface area contributed by atoms with Crippen LogP contribution in [0.3, 0.4) is 0 Å². The van der Waals surface area contributed by atoms with Crippen LogP contribution in [0.1, 0.15) is 16.3 Å². The van der Waals surface area contributed by atoms with E-state index in [0.29, 0.717) is 11.6 Å². The maximum Gasteiger partial charge on any atom is 0.157 e. The van der Waals surface area contributed by atoms with Gasteiger partial charge in [0.1, 0.15) is 17.3 Å². The smallest absolute Gasteiger partial charge is 0.157 e. The molecule has 0 aliphatic heterocycles. The zero-order chi connectivity index (χ0) is 10.3. The molecule has 74 valence electrons. The van der Waals surface area contributed by atoms with Crippen LogP contribution in [0, 0.1) is 13.8 Å². The zero-order valence-corrected chi connectivity index (χ0v) is 8.85. The van der Waals surface area contributed by atoms with Crippen LogP contribution < -0.4 is 5.73 Å². The fourth-order valence-electron chi connectivity index (χ4n) is 1.40. The van der Waals surface area contributed by atoms with E-state index >= 15 is 0 Å². The lowest BCUT2D eigenvalue weighted by atomic mass is 10.2. The van der Waals surface area contributed by atoms with E-state index in [-0.39, 0.29) is 6.61 Å². The van der Waals surface area contributed by atoms with Gasteiger partial charge >= 0.3 is 0 Å². The molecule has 0 atom stereocenters. The summed E-state index contributed by atoms with van der Waals surface area (Å²) in [5.74, 6) is 0.845. The van der Waals surface area contributed by atoms with Crippen molar-refractivity contribution in [2.75, 3.05) is 5.73 Å². The molecule has 2 aromatic heterocycles. The number of nitrogen functional groups attached to an aromatic ring is 1. The summed E-state index contributed by atoms with van der Waals surface area (Å²) < 4.78 is 0. The lowest BCUT2D eigenvalue weighted by molar-refractivity contribution is 0.272. The van der Waals surface area contributed by atoms with Crippen molar-refractivity contribution < 1.29 is 5.11 Å². The van der Waals surface area contributed by atoms with Crippen LogP contribution >= 0.6 is 11.3 Å². The lowest BCUT2D eigenvalue weighted by Gasteiger charge is -1.99. The van der Waals surface area contributed by atoms with Crippen LogP contribution in [0.25, 0.3) is 10.2 Å². The Labute approximate surface area is 85.4 Å². The highest BCUT2D eigenvalue weighted by atomic mass is 32.1. The van der Waals surface area contributed by atoms with Crippen molar-refractivity contribution in [1.29, 1.82) is 0 Å². The first-order chi connectivity index (χ1) is 6.63. The van der Waals surface area contributed by atoms with Crippen LogP contribution in [-0.4, -0.2) is 15.1 Å². The quantitative estimate of drug-likeness (QED) is 0.744. The number of aryl methyl sites for hydroxylation is 2. The van der Waals surface area contributed by atoms with Gasteiger partial charge < -0.3 is 10.8 Å². The largest absolute Gasteiger partial charge is 0.388 e. The Bertz CT molecular complexity index is 492. The van der Waals surface area contributed by atoms with Crippen molar-refractivity contribution in [2.24, 2.45) is 0 Å². The van der Waals surface area contributed by atoms with E-state index in [4.69, 9.17) is 10.8 Å². The van der Waals surface area contributed by atoms with Gasteiger partial charge in [0, 0.05) is 4.88 Å². The fraction of sp³-hybridized carbons (Fsp3) is 0.333. The molecule has 2 rings (SSSR count). The molecule has 0 aliphatic rings. The third kappa shape index (κ3) is 1.25. The molecule has 5 heteroatoms. The van der Waals surface area contributed by atoms with Crippen molar-refractivity contribution in [3.05, 3.63) is 16.3 Å². The summed E-state index contributed by atoms with van der Waals surface area (Å²) >= 11 is 1.58. The van der Waals surface area contributed by atoms with E-state index in [9.17, 15) is 0 Å². The number of anilines is 1. The molecule has 0 saturated heterocycles. The molecule has 0 spiro atoms. The standard InChI is InChI=1S/C9H11N3OS/c1-4-5(2)14-9-7(4)8(10)11-6(3-13)12-9/h13H,3H2,1-2H3,(H2,10,11,12). The molecule has 2 heterocycles. The molecular formula is C9H11N3OS. The van der Waals surface area contributed by atoms with E-state index < -0.39 is 0 Å². The monoisotopic (exact) mass is 209 g/mol. The minimum Gasteiger partial charge on any atom is -0.388 e. The van der Waals surface area contributed by atoms with Crippen molar-refractivity contribution in [3.63, 3.8) is 0 Å². The molecule has 14 heavy (non-hydrogen) atoms. The number of aliphatic hydroxyl groups is 1. The Balaban J connectivity index is 2.83. The van der Waals surface area contributed by atoms with E-state index in [1.54, 1.807) is 11.3 Å². The van der Waals surface area contributed by atoms with E-state index in [1.807, 2.05) is 13.8 Å². The summed E-state index contributed by atoms with van der Waals surface area (Å²) in [6, 6.07) is 0. The number of fused-ring (bicyclic) bond motifs is 1. The maximum atomic E-state index is 8.92. The van der Waals surface area contributed by atoms with Gasteiger partial charge in [0.2, 0.25) is 0 Å². The molecule has 2 aromatic rings.